The van der Waals surface area contributed by atoms with Gasteiger partial charge in [-0.05, 0) is 11.8 Å². The molecule has 0 aliphatic carbocycles. The Labute approximate surface area is 124 Å². The van der Waals surface area contributed by atoms with E-state index in [1.807, 2.05) is 32.4 Å². The van der Waals surface area contributed by atoms with E-state index >= 15 is 0 Å². The Morgan fingerprint density at radius 2 is 2.10 bits per heavy atom. The molecule has 0 radical (unpaired) electrons. The Balaban J connectivity index is 2.51. The predicted molar refractivity (Wildman–Crippen MR) is 78.7 cm³/mol. The molecular formula is C14H24N4O3. The van der Waals surface area contributed by atoms with Gasteiger partial charge in [0.05, 0.1) is 13.0 Å². The average Bonchev–Trinajstić information content (AvgIpc) is 2.69. The molecule has 1 aromatic heterocycles. The number of hydrogen-bond donors (Lipinski definition) is 3. The highest BCUT2D eigenvalue weighted by atomic mass is 16.4. The number of nitrogens with one attached hydrogen (secondary N) is 2. The van der Waals surface area contributed by atoms with Gasteiger partial charge in [0.1, 0.15) is 5.82 Å². The summed E-state index contributed by atoms with van der Waals surface area (Å²) in [5.74, 6) is -0.190. The zero-order chi connectivity index (χ0) is 16.0. The molecule has 7 nitrogen and oxygen atoms in total. The molecule has 1 unspecified atom stereocenters. The first-order valence-corrected chi connectivity index (χ1v) is 6.90. The van der Waals surface area contributed by atoms with Crippen LogP contribution in [0.25, 0.3) is 0 Å². The molecule has 3 N–H and O–H groups in total. The van der Waals surface area contributed by atoms with E-state index in [9.17, 15) is 9.59 Å². The fraction of sp³-hybridized carbons (Fsp3) is 0.643. The van der Waals surface area contributed by atoms with Gasteiger partial charge in [0.25, 0.3) is 0 Å². The number of urea groups is 1. The lowest BCUT2D eigenvalue weighted by atomic mass is 9.87. The number of carboxylic acids is 1. The largest absolute Gasteiger partial charge is 0.481 e. The van der Waals surface area contributed by atoms with Crippen LogP contribution in [0, 0.1) is 5.41 Å². The normalized spacial score (nSPS) is 12.8. The summed E-state index contributed by atoms with van der Waals surface area (Å²) in [6, 6.07) is -0.780. The lowest BCUT2D eigenvalue weighted by molar-refractivity contribution is -0.137. The second-order valence-corrected chi connectivity index (χ2v) is 6.34. The Bertz CT molecular complexity index is 491. The van der Waals surface area contributed by atoms with E-state index in [2.05, 4.69) is 15.6 Å². The van der Waals surface area contributed by atoms with Crippen molar-refractivity contribution in [1.29, 1.82) is 0 Å². The van der Waals surface area contributed by atoms with Crippen LogP contribution < -0.4 is 10.6 Å². The smallest absolute Gasteiger partial charge is 0.315 e. The van der Waals surface area contributed by atoms with Crippen LogP contribution in [-0.2, 0) is 18.4 Å². The molecule has 0 saturated heterocycles. The zero-order valence-electron chi connectivity index (χ0n) is 13.0. The van der Waals surface area contributed by atoms with Crippen LogP contribution in [0.3, 0.4) is 0 Å². The summed E-state index contributed by atoms with van der Waals surface area (Å²) >= 11 is 0. The number of carboxylic acid groups (broad SMARTS) is 1. The van der Waals surface area contributed by atoms with Crippen molar-refractivity contribution in [1.82, 2.24) is 20.2 Å². The molecule has 0 bridgehead atoms. The third-order valence-electron chi connectivity index (χ3n) is 2.94. The maximum absolute atomic E-state index is 11.9. The van der Waals surface area contributed by atoms with Gasteiger partial charge in [0.2, 0.25) is 0 Å². The topological polar surface area (TPSA) is 96.3 Å². The van der Waals surface area contributed by atoms with Crippen LogP contribution in [0.15, 0.2) is 12.4 Å². The van der Waals surface area contributed by atoms with Crippen LogP contribution in [-0.4, -0.2) is 32.7 Å². The van der Waals surface area contributed by atoms with Gasteiger partial charge in [-0.15, -0.1) is 0 Å². The van der Waals surface area contributed by atoms with Crippen molar-refractivity contribution in [3.8, 4) is 0 Å². The van der Waals surface area contributed by atoms with Crippen LogP contribution >= 0.6 is 0 Å². The lowest BCUT2D eigenvalue weighted by Crippen LogP contribution is -2.44. The first kappa shape index (κ1) is 17.0. The van der Waals surface area contributed by atoms with Gasteiger partial charge in [0, 0.05) is 25.5 Å². The van der Waals surface area contributed by atoms with Gasteiger partial charge in [-0.3, -0.25) is 4.79 Å². The van der Waals surface area contributed by atoms with E-state index in [0.717, 1.165) is 5.82 Å². The second kappa shape index (κ2) is 7.10. The van der Waals surface area contributed by atoms with Gasteiger partial charge in [0.15, 0.2) is 0 Å². The molecule has 7 heteroatoms. The molecular weight excluding hydrogens is 272 g/mol. The molecule has 1 atom stereocenters. The number of hydrogen-bond acceptors (Lipinski definition) is 3. The van der Waals surface area contributed by atoms with Gasteiger partial charge in [-0.25, -0.2) is 9.78 Å². The fourth-order valence-corrected chi connectivity index (χ4v) is 2.09. The van der Waals surface area contributed by atoms with Crippen molar-refractivity contribution in [3.63, 3.8) is 0 Å². The van der Waals surface area contributed by atoms with E-state index in [1.165, 1.54) is 0 Å². The van der Waals surface area contributed by atoms with E-state index in [-0.39, 0.29) is 17.9 Å². The Hall–Kier alpha value is -2.05. The summed E-state index contributed by atoms with van der Waals surface area (Å²) < 4.78 is 1.81. The summed E-state index contributed by atoms with van der Waals surface area (Å²) in [7, 11) is 1.84. The number of aliphatic carboxylic acids is 1. The number of carbonyl (C=O) groups is 2. The summed E-state index contributed by atoms with van der Waals surface area (Å²) in [4.78, 5) is 26.9. The first-order chi connectivity index (χ1) is 9.67. The minimum Gasteiger partial charge on any atom is -0.481 e. The van der Waals surface area contributed by atoms with Crippen molar-refractivity contribution in [2.45, 2.75) is 46.2 Å². The Morgan fingerprint density at radius 3 is 2.57 bits per heavy atom. The molecule has 1 aromatic rings. The molecule has 0 aliphatic heterocycles. The highest BCUT2D eigenvalue weighted by Gasteiger charge is 2.22. The number of amides is 2. The van der Waals surface area contributed by atoms with Gasteiger partial charge in [-0.1, -0.05) is 20.8 Å². The molecule has 21 heavy (non-hydrogen) atoms. The highest BCUT2D eigenvalue weighted by molar-refractivity contribution is 5.75. The number of carbonyl (C=O) groups excluding carboxylic acids is 1. The number of aryl methyl sites for hydroxylation is 1. The average molecular weight is 296 g/mol. The lowest BCUT2D eigenvalue weighted by Gasteiger charge is -2.25. The predicted octanol–water partition coefficient (Wildman–Crippen LogP) is 1.50. The maximum atomic E-state index is 11.9. The van der Waals surface area contributed by atoms with E-state index < -0.39 is 12.0 Å². The molecule has 0 aliphatic rings. The highest BCUT2D eigenvalue weighted by Crippen LogP contribution is 2.22. The van der Waals surface area contributed by atoms with E-state index in [0.29, 0.717) is 13.0 Å². The molecule has 1 heterocycles. The second-order valence-electron chi connectivity index (χ2n) is 6.34. The molecule has 118 valence electrons. The summed E-state index contributed by atoms with van der Waals surface area (Å²) in [5, 5.41) is 14.3. The first-order valence-electron chi connectivity index (χ1n) is 6.90. The van der Waals surface area contributed by atoms with Crippen LogP contribution in [0.1, 0.15) is 39.4 Å². The molecule has 0 aromatic carbocycles. The summed E-state index contributed by atoms with van der Waals surface area (Å²) in [5.41, 5.74) is -0.0624. The minimum atomic E-state index is -0.923. The molecule has 2 amide bonds. The van der Waals surface area contributed by atoms with Crippen LogP contribution in [0.4, 0.5) is 4.79 Å². The molecule has 0 spiro atoms. The monoisotopic (exact) mass is 296 g/mol. The third-order valence-corrected chi connectivity index (χ3v) is 2.94. The number of aromatic nitrogens is 2. The van der Waals surface area contributed by atoms with Gasteiger partial charge < -0.3 is 20.3 Å². The summed E-state index contributed by atoms with van der Waals surface area (Å²) in [6.07, 6.45) is 3.95. The Kier molecular flexibility index (Phi) is 5.75. The van der Waals surface area contributed by atoms with Crippen molar-refractivity contribution in [3.05, 3.63) is 18.2 Å². The van der Waals surface area contributed by atoms with Crippen LogP contribution in [0.2, 0.25) is 0 Å². The third kappa shape index (κ3) is 6.78. The molecule has 1 rings (SSSR count). The quantitative estimate of drug-likeness (QED) is 0.741. The maximum Gasteiger partial charge on any atom is 0.315 e. The zero-order valence-corrected chi connectivity index (χ0v) is 13.0. The van der Waals surface area contributed by atoms with Gasteiger partial charge in [-0.2, -0.15) is 0 Å². The molecule has 0 fully saturated rings. The number of rotatable bonds is 6. The van der Waals surface area contributed by atoms with Gasteiger partial charge >= 0.3 is 12.0 Å². The van der Waals surface area contributed by atoms with Crippen LogP contribution in [0.5, 0.6) is 0 Å². The summed E-state index contributed by atoms with van der Waals surface area (Å²) in [6.45, 7) is 6.32. The standard InChI is InChI=1S/C14H24N4O3/c1-14(2,3)8-10(7-12(19)20)17-13(21)16-9-11-15-5-6-18(11)4/h5-6,10H,7-9H2,1-4H3,(H,19,20)(H2,16,17,21). The van der Waals surface area contributed by atoms with Crippen molar-refractivity contribution in [2.75, 3.05) is 0 Å². The van der Waals surface area contributed by atoms with Crippen molar-refractivity contribution >= 4 is 12.0 Å². The minimum absolute atomic E-state index is 0.0624. The number of nitrogens with zero attached hydrogens (tertiary/aromatic N) is 2. The Morgan fingerprint density at radius 1 is 1.43 bits per heavy atom. The SMILES string of the molecule is Cn1ccnc1CNC(=O)NC(CC(=O)O)CC(C)(C)C. The molecule has 0 saturated carbocycles. The van der Waals surface area contributed by atoms with E-state index in [1.54, 1.807) is 12.4 Å². The fourth-order valence-electron chi connectivity index (χ4n) is 2.09. The van der Waals surface area contributed by atoms with Crippen molar-refractivity contribution in [2.24, 2.45) is 12.5 Å². The van der Waals surface area contributed by atoms with E-state index in [4.69, 9.17) is 5.11 Å². The number of imidazole rings is 1. The van der Waals surface area contributed by atoms with Crippen molar-refractivity contribution < 1.29 is 14.7 Å².